The number of aromatic nitrogens is 2. The first kappa shape index (κ1) is 14.4. The first-order chi connectivity index (χ1) is 8.54. The fourth-order valence-corrected chi connectivity index (χ4v) is 1.77. The maximum atomic E-state index is 11.8. The van der Waals surface area contributed by atoms with Crippen LogP contribution < -0.4 is 5.32 Å². The maximum absolute atomic E-state index is 11.8. The van der Waals surface area contributed by atoms with E-state index in [9.17, 15) is 9.59 Å². The van der Waals surface area contributed by atoms with Gasteiger partial charge >= 0.3 is 5.97 Å². The number of nitrogens with zero attached hydrogens (tertiary/aromatic N) is 2. The lowest BCUT2D eigenvalue weighted by atomic mass is 10.2. The first-order valence-electron chi connectivity index (χ1n) is 5.36. The van der Waals surface area contributed by atoms with E-state index >= 15 is 0 Å². The quantitative estimate of drug-likeness (QED) is 0.790. The molecule has 0 aromatic carbocycles. The van der Waals surface area contributed by atoms with Crippen molar-refractivity contribution in [3.63, 3.8) is 0 Å². The number of carboxylic acid groups (broad SMARTS) is 1. The molecule has 0 saturated carbocycles. The van der Waals surface area contributed by atoms with Crippen molar-refractivity contribution in [3.8, 4) is 0 Å². The molecule has 7 heteroatoms. The Bertz CT molecular complexity index is 439. The summed E-state index contributed by atoms with van der Waals surface area (Å²) in [5.41, 5.74) is 0.927. The highest BCUT2D eigenvalue weighted by Crippen LogP contribution is 2.03. The van der Waals surface area contributed by atoms with E-state index in [0.29, 0.717) is 12.2 Å². The fraction of sp³-hybridized carbons (Fsp3) is 0.455. The van der Waals surface area contributed by atoms with Crippen molar-refractivity contribution < 1.29 is 14.7 Å². The van der Waals surface area contributed by atoms with Crippen LogP contribution in [0.3, 0.4) is 0 Å². The number of thioether (sulfide) groups is 1. The van der Waals surface area contributed by atoms with Gasteiger partial charge in [-0.1, -0.05) is 0 Å². The lowest BCUT2D eigenvalue weighted by molar-refractivity contribution is -0.139. The monoisotopic (exact) mass is 269 g/mol. The molecule has 0 radical (unpaired) electrons. The van der Waals surface area contributed by atoms with Crippen LogP contribution in [0.25, 0.3) is 0 Å². The Morgan fingerprint density at radius 1 is 1.56 bits per heavy atom. The van der Waals surface area contributed by atoms with Gasteiger partial charge in [0.15, 0.2) is 5.69 Å². The second-order valence-corrected chi connectivity index (χ2v) is 4.75. The molecular weight excluding hydrogens is 254 g/mol. The normalized spacial score (nSPS) is 11.9. The van der Waals surface area contributed by atoms with Crippen molar-refractivity contribution in [2.24, 2.45) is 0 Å². The number of hydrogen-bond donors (Lipinski definition) is 2. The number of nitrogens with one attached hydrogen (secondary N) is 1. The SMILES string of the molecule is CSCC[C@H](NC(=O)c1cc(C)cnn1)C(=O)O. The number of amides is 1. The molecule has 0 fully saturated rings. The van der Waals surface area contributed by atoms with Gasteiger partial charge in [0.1, 0.15) is 6.04 Å². The molecule has 1 atom stereocenters. The van der Waals surface area contributed by atoms with Gasteiger partial charge in [-0.05, 0) is 37.0 Å². The molecule has 1 aromatic rings. The topological polar surface area (TPSA) is 92.2 Å². The van der Waals surface area contributed by atoms with Gasteiger partial charge in [-0.25, -0.2) is 4.79 Å². The minimum atomic E-state index is -1.04. The summed E-state index contributed by atoms with van der Waals surface area (Å²) in [4.78, 5) is 22.8. The summed E-state index contributed by atoms with van der Waals surface area (Å²) in [6.45, 7) is 1.79. The molecule has 18 heavy (non-hydrogen) atoms. The fourth-order valence-electron chi connectivity index (χ4n) is 1.30. The van der Waals surface area contributed by atoms with Crippen LogP contribution >= 0.6 is 11.8 Å². The van der Waals surface area contributed by atoms with E-state index < -0.39 is 17.9 Å². The third kappa shape index (κ3) is 4.33. The molecule has 1 aromatic heterocycles. The summed E-state index contributed by atoms with van der Waals surface area (Å²) >= 11 is 1.53. The summed E-state index contributed by atoms with van der Waals surface area (Å²) < 4.78 is 0. The Morgan fingerprint density at radius 2 is 2.28 bits per heavy atom. The van der Waals surface area contributed by atoms with E-state index in [0.717, 1.165) is 5.56 Å². The molecule has 1 heterocycles. The van der Waals surface area contributed by atoms with Crippen molar-refractivity contribution in [3.05, 3.63) is 23.5 Å². The predicted octanol–water partition coefficient (Wildman–Crippen LogP) is 0.721. The number of carboxylic acids is 1. The molecule has 0 unspecified atom stereocenters. The minimum Gasteiger partial charge on any atom is -0.480 e. The van der Waals surface area contributed by atoms with Gasteiger partial charge in [-0.2, -0.15) is 16.9 Å². The number of hydrogen-bond acceptors (Lipinski definition) is 5. The van der Waals surface area contributed by atoms with Crippen molar-refractivity contribution in [2.75, 3.05) is 12.0 Å². The molecule has 0 aliphatic carbocycles. The Balaban J connectivity index is 2.69. The molecule has 1 rings (SSSR count). The standard InChI is InChI=1S/C11H15N3O3S/c1-7-5-9(14-12-6-7)10(15)13-8(11(16)17)3-4-18-2/h5-6,8H,3-4H2,1-2H3,(H,13,15)(H,16,17)/t8-/m0/s1. The van der Waals surface area contributed by atoms with E-state index in [1.54, 1.807) is 13.0 Å². The van der Waals surface area contributed by atoms with Crippen LogP contribution in [0.5, 0.6) is 0 Å². The van der Waals surface area contributed by atoms with Crippen molar-refractivity contribution in [1.29, 1.82) is 0 Å². The van der Waals surface area contributed by atoms with Crippen LogP contribution in [0.1, 0.15) is 22.5 Å². The highest BCUT2D eigenvalue weighted by atomic mass is 32.2. The van der Waals surface area contributed by atoms with Gasteiger partial charge in [0.05, 0.1) is 6.20 Å². The van der Waals surface area contributed by atoms with Crippen LogP contribution in [0.2, 0.25) is 0 Å². The Hall–Kier alpha value is -1.63. The van der Waals surface area contributed by atoms with E-state index in [1.807, 2.05) is 6.26 Å². The van der Waals surface area contributed by atoms with Gasteiger partial charge in [0.25, 0.3) is 5.91 Å². The van der Waals surface area contributed by atoms with E-state index in [1.165, 1.54) is 18.0 Å². The average molecular weight is 269 g/mol. The Kier molecular flexibility index (Phi) is 5.57. The number of carbonyl (C=O) groups excluding carboxylic acids is 1. The summed E-state index contributed by atoms with van der Waals surface area (Å²) in [5, 5.41) is 18.8. The number of aryl methyl sites for hydroxylation is 1. The number of rotatable bonds is 6. The molecule has 2 N–H and O–H groups in total. The summed E-state index contributed by atoms with van der Waals surface area (Å²) in [7, 11) is 0. The third-order valence-electron chi connectivity index (χ3n) is 2.24. The Labute approximate surface area is 109 Å². The smallest absolute Gasteiger partial charge is 0.326 e. The molecule has 1 amide bonds. The van der Waals surface area contributed by atoms with E-state index in [-0.39, 0.29) is 5.69 Å². The maximum Gasteiger partial charge on any atom is 0.326 e. The van der Waals surface area contributed by atoms with Crippen LogP contribution in [0.15, 0.2) is 12.3 Å². The van der Waals surface area contributed by atoms with Gasteiger partial charge in [0.2, 0.25) is 0 Å². The van der Waals surface area contributed by atoms with Gasteiger partial charge in [-0.15, -0.1) is 5.10 Å². The van der Waals surface area contributed by atoms with Crippen LogP contribution in [-0.4, -0.2) is 45.2 Å². The Morgan fingerprint density at radius 3 is 2.83 bits per heavy atom. The zero-order chi connectivity index (χ0) is 13.5. The number of carbonyl (C=O) groups is 2. The second kappa shape index (κ2) is 6.95. The van der Waals surface area contributed by atoms with E-state index in [2.05, 4.69) is 15.5 Å². The third-order valence-corrected chi connectivity index (χ3v) is 2.88. The largest absolute Gasteiger partial charge is 0.480 e. The van der Waals surface area contributed by atoms with Crippen LogP contribution in [0, 0.1) is 6.92 Å². The molecule has 0 aliphatic rings. The number of aliphatic carboxylic acids is 1. The molecule has 98 valence electrons. The van der Waals surface area contributed by atoms with Crippen molar-refractivity contribution in [2.45, 2.75) is 19.4 Å². The summed E-state index contributed by atoms with van der Waals surface area (Å²) in [6, 6.07) is 0.669. The first-order valence-corrected chi connectivity index (χ1v) is 6.76. The molecule has 0 bridgehead atoms. The molecule has 0 aliphatic heterocycles. The second-order valence-electron chi connectivity index (χ2n) is 3.76. The summed E-state index contributed by atoms with van der Waals surface area (Å²) in [6.07, 6.45) is 3.79. The predicted molar refractivity (Wildman–Crippen MR) is 68.7 cm³/mol. The zero-order valence-electron chi connectivity index (χ0n) is 10.2. The minimum absolute atomic E-state index is 0.130. The van der Waals surface area contributed by atoms with Crippen LogP contribution in [0.4, 0.5) is 0 Å². The molecular formula is C11H15N3O3S. The van der Waals surface area contributed by atoms with Gasteiger partial charge in [0, 0.05) is 0 Å². The van der Waals surface area contributed by atoms with Crippen LogP contribution in [-0.2, 0) is 4.79 Å². The van der Waals surface area contributed by atoms with Gasteiger partial charge < -0.3 is 10.4 Å². The zero-order valence-corrected chi connectivity index (χ0v) is 11.0. The molecule has 0 spiro atoms. The van der Waals surface area contributed by atoms with Gasteiger partial charge in [-0.3, -0.25) is 4.79 Å². The lowest BCUT2D eigenvalue weighted by Crippen LogP contribution is -2.41. The lowest BCUT2D eigenvalue weighted by Gasteiger charge is -2.13. The van der Waals surface area contributed by atoms with E-state index in [4.69, 9.17) is 5.11 Å². The molecule has 0 saturated heterocycles. The van der Waals surface area contributed by atoms with Crippen molar-refractivity contribution >= 4 is 23.6 Å². The van der Waals surface area contributed by atoms with Crippen molar-refractivity contribution in [1.82, 2.24) is 15.5 Å². The molecule has 6 nitrogen and oxygen atoms in total. The highest BCUT2D eigenvalue weighted by molar-refractivity contribution is 7.98. The summed E-state index contributed by atoms with van der Waals surface area (Å²) in [5.74, 6) is -0.894. The average Bonchev–Trinajstić information content (AvgIpc) is 2.33. The highest BCUT2D eigenvalue weighted by Gasteiger charge is 2.20.